The Morgan fingerprint density at radius 2 is 2.26 bits per heavy atom. The lowest BCUT2D eigenvalue weighted by Crippen LogP contribution is -2.27. The first-order valence-corrected chi connectivity index (χ1v) is 7.87. The van der Waals surface area contributed by atoms with Crippen molar-refractivity contribution in [3.05, 3.63) is 46.4 Å². The third kappa shape index (κ3) is 2.98. The molecule has 1 N–H and O–H groups in total. The van der Waals surface area contributed by atoms with E-state index in [1.807, 2.05) is 16.8 Å². The first-order chi connectivity index (χ1) is 9.04. The summed E-state index contributed by atoms with van der Waals surface area (Å²) < 4.78 is 27.0. The molecule has 0 fully saturated rings. The van der Waals surface area contributed by atoms with Crippen LogP contribution in [0.4, 0.5) is 0 Å². The van der Waals surface area contributed by atoms with E-state index in [0.29, 0.717) is 0 Å². The standard InChI is InChI=1S/C12H11N3O2S2/c1-9(10-4-6-18-8-10)15-19(16,17)12-3-2-5-14-11(12)7-13/h2-6,8-9,15H,1H3. The van der Waals surface area contributed by atoms with Crippen molar-refractivity contribution in [2.45, 2.75) is 17.9 Å². The van der Waals surface area contributed by atoms with Crippen LogP contribution in [0.1, 0.15) is 24.2 Å². The highest BCUT2D eigenvalue weighted by Crippen LogP contribution is 2.20. The Morgan fingerprint density at radius 3 is 2.89 bits per heavy atom. The van der Waals surface area contributed by atoms with Gasteiger partial charge in [0.05, 0.1) is 0 Å². The topological polar surface area (TPSA) is 82.8 Å². The fourth-order valence-corrected chi connectivity index (χ4v) is 3.67. The molecule has 5 nitrogen and oxygen atoms in total. The number of sulfonamides is 1. The van der Waals surface area contributed by atoms with Crippen LogP contribution in [0.3, 0.4) is 0 Å². The van der Waals surface area contributed by atoms with Crippen molar-refractivity contribution in [2.75, 3.05) is 0 Å². The van der Waals surface area contributed by atoms with Crippen LogP contribution in [0, 0.1) is 11.3 Å². The molecule has 2 rings (SSSR count). The summed E-state index contributed by atoms with van der Waals surface area (Å²) in [5, 5.41) is 12.7. The van der Waals surface area contributed by atoms with E-state index in [1.165, 1.54) is 29.7 Å². The molecule has 1 unspecified atom stereocenters. The average molecular weight is 293 g/mol. The van der Waals surface area contributed by atoms with Gasteiger partial charge in [-0.1, -0.05) is 0 Å². The lowest BCUT2D eigenvalue weighted by atomic mass is 10.2. The fourth-order valence-electron chi connectivity index (χ4n) is 1.58. The van der Waals surface area contributed by atoms with Gasteiger partial charge in [-0.15, -0.1) is 0 Å². The van der Waals surface area contributed by atoms with E-state index in [9.17, 15) is 8.42 Å². The van der Waals surface area contributed by atoms with Crippen molar-refractivity contribution in [2.24, 2.45) is 0 Å². The van der Waals surface area contributed by atoms with Crippen LogP contribution in [0.25, 0.3) is 0 Å². The average Bonchev–Trinajstić information content (AvgIpc) is 2.92. The molecule has 0 aromatic carbocycles. The number of thiophene rings is 1. The van der Waals surface area contributed by atoms with Crippen molar-refractivity contribution >= 4 is 21.4 Å². The molecular weight excluding hydrogens is 282 g/mol. The summed E-state index contributed by atoms with van der Waals surface area (Å²) >= 11 is 1.50. The van der Waals surface area contributed by atoms with Gasteiger partial charge in [0.1, 0.15) is 11.0 Å². The molecular formula is C12H11N3O2S2. The number of pyridine rings is 1. The van der Waals surface area contributed by atoms with E-state index < -0.39 is 10.0 Å². The molecule has 0 spiro atoms. The first kappa shape index (κ1) is 13.7. The van der Waals surface area contributed by atoms with Gasteiger partial charge in [-0.25, -0.2) is 18.1 Å². The van der Waals surface area contributed by atoms with Crippen LogP contribution in [0.2, 0.25) is 0 Å². The summed E-state index contributed by atoms with van der Waals surface area (Å²) in [4.78, 5) is 3.66. The highest BCUT2D eigenvalue weighted by molar-refractivity contribution is 7.89. The molecule has 7 heteroatoms. The largest absolute Gasteiger partial charge is 0.244 e. The van der Waals surface area contributed by atoms with Crippen molar-refractivity contribution < 1.29 is 8.42 Å². The zero-order chi connectivity index (χ0) is 13.9. The summed E-state index contributed by atoms with van der Waals surface area (Å²) in [5.74, 6) is 0. The molecule has 2 aromatic rings. The van der Waals surface area contributed by atoms with E-state index in [0.717, 1.165) is 5.56 Å². The van der Waals surface area contributed by atoms with Gasteiger partial charge in [-0.05, 0) is 41.4 Å². The van der Waals surface area contributed by atoms with Crippen LogP contribution >= 0.6 is 11.3 Å². The zero-order valence-electron chi connectivity index (χ0n) is 10.1. The number of hydrogen-bond donors (Lipinski definition) is 1. The lowest BCUT2D eigenvalue weighted by molar-refractivity contribution is 0.566. The van der Waals surface area contributed by atoms with Gasteiger partial charge in [-0.2, -0.15) is 16.6 Å². The second-order valence-corrected chi connectivity index (χ2v) is 6.32. The molecule has 2 aromatic heterocycles. The number of rotatable bonds is 4. The molecule has 0 bridgehead atoms. The van der Waals surface area contributed by atoms with Crippen molar-refractivity contribution in [1.29, 1.82) is 5.26 Å². The van der Waals surface area contributed by atoms with Crippen molar-refractivity contribution in [1.82, 2.24) is 9.71 Å². The first-order valence-electron chi connectivity index (χ1n) is 5.44. The predicted molar refractivity (Wildman–Crippen MR) is 72.0 cm³/mol. The molecule has 2 heterocycles. The quantitative estimate of drug-likeness (QED) is 0.935. The second-order valence-electron chi connectivity index (χ2n) is 3.86. The normalized spacial score (nSPS) is 12.8. The van der Waals surface area contributed by atoms with Gasteiger partial charge in [0.25, 0.3) is 0 Å². The van der Waals surface area contributed by atoms with E-state index in [4.69, 9.17) is 5.26 Å². The van der Waals surface area contributed by atoms with Gasteiger partial charge >= 0.3 is 0 Å². The minimum atomic E-state index is -3.76. The van der Waals surface area contributed by atoms with Crippen molar-refractivity contribution in [3.63, 3.8) is 0 Å². The van der Waals surface area contributed by atoms with Gasteiger partial charge in [-0.3, -0.25) is 0 Å². The maximum atomic E-state index is 12.2. The second kappa shape index (κ2) is 5.48. The Morgan fingerprint density at radius 1 is 1.47 bits per heavy atom. The molecule has 1 atom stereocenters. The molecule has 0 aliphatic carbocycles. The van der Waals surface area contributed by atoms with Crippen molar-refractivity contribution in [3.8, 4) is 6.07 Å². The van der Waals surface area contributed by atoms with Gasteiger partial charge in [0.2, 0.25) is 10.0 Å². The summed E-state index contributed by atoms with van der Waals surface area (Å²) in [6.45, 7) is 1.75. The summed E-state index contributed by atoms with van der Waals surface area (Å²) in [5.41, 5.74) is 0.781. The van der Waals surface area contributed by atoms with E-state index in [-0.39, 0.29) is 16.6 Å². The summed E-state index contributed by atoms with van der Waals surface area (Å²) in [7, 11) is -3.76. The number of aromatic nitrogens is 1. The Labute approximate surface area is 115 Å². The van der Waals surface area contributed by atoms with Crippen LogP contribution < -0.4 is 4.72 Å². The van der Waals surface area contributed by atoms with Gasteiger partial charge in [0.15, 0.2) is 5.69 Å². The summed E-state index contributed by atoms with van der Waals surface area (Å²) in [6.07, 6.45) is 1.39. The Balaban J connectivity index is 2.31. The number of hydrogen-bond acceptors (Lipinski definition) is 5. The Kier molecular flexibility index (Phi) is 3.95. The molecule has 0 saturated heterocycles. The molecule has 0 aliphatic heterocycles. The predicted octanol–water partition coefficient (Wildman–Crippen LogP) is 2.05. The number of nitrogens with zero attached hydrogens (tertiary/aromatic N) is 2. The van der Waals surface area contributed by atoms with Crippen LogP contribution in [0.15, 0.2) is 40.1 Å². The lowest BCUT2D eigenvalue weighted by Gasteiger charge is -2.13. The summed E-state index contributed by atoms with van der Waals surface area (Å²) in [6, 6.07) is 6.14. The zero-order valence-corrected chi connectivity index (χ0v) is 11.7. The minimum Gasteiger partial charge on any atom is -0.244 e. The van der Waals surface area contributed by atoms with Gasteiger partial charge in [0, 0.05) is 12.2 Å². The third-order valence-corrected chi connectivity index (χ3v) is 4.82. The molecule has 98 valence electrons. The number of nitrogens with one attached hydrogen (secondary N) is 1. The maximum absolute atomic E-state index is 12.2. The van der Waals surface area contributed by atoms with E-state index in [2.05, 4.69) is 9.71 Å². The highest BCUT2D eigenvalue weighted by atomic mass is 32.2. The Hall–Kier alpha value is -1.75. The van der Waals surface area contributed by atoms with Crippen LogP contribution in [-0.2, 0) is 10.0 Å². The molecule has 19 heavy (non-hydrogen) atoms. The molecule has 0 saturated carbocycles. The monoisotopic (exact) mass is 293 g/mol. The third-order valence-electron chi connectivity index (χ3n) is 2.54. The maximum Gasteiger partial charge on any atom is 0.244 e. The minimum absolute atomic E-state index is 0.0976. The SMILES string of the molecule is CC(NS(=O)(=O)c1cccnc1C#N)c1ccsc1. The van der Waals surface area contributed by atoms with Gasteiger partial charge < -0.3 is 0 Å². The Bertz CT molecular complexity index is 703. The molecule has 0 aliphatic rings. The molecule has 0 radical (unpaired) electrons. The van der Waals surface area contributed by atoms with E-state index in [1.54, 1.807) is 13.0 Å². The number of nitriles is 1. The smallest absolute Gasteiger partial charge is 0.244 e. The van der Waals surface area contributed by atoms with Crippen LogP contribution in [0.5, 0.6) is 0 Å². The molecule has 0 amide bonds. The van der Waals surface area contributed by atoms with Crippen LogP contribution in [-0.4, -0.2) is 13.4 Å². The fraction of sp³-hybridized carbons (Fsp3) is 0.167. The van der Waals surface area contributed by atoms with E-state index >= 15 is 0 Å². The highest BCUT2D eigenvalue weighted by Gasteiger charge is 2.22.